The number of benzene rings is 3. The fourth-order valence-corrected chi connectivity index (χ4v) is 6.04. The number of methoxy groups -OCH3 is 3. The third kappa shape index (κ3) is 6.89. The molecule has 0 aliphatic carbocycles. The Morgan fingerprint density at radius 2 is 1.77 bits per heavy atom. The molecule has 47 heavy (non-hydrogen) atoms. The van der Waals surface area contributed by atoms with Crippen molar-refractivity contribution < 1.29 is 28.7 Å². The maximum atomic E-state index is 13.8. The number of nitro benzene ring substituents is 1. The third-order valence-electron chi connectivity index (χ3n) is 7.78. The van der Waals surface area contributed by atoms with Crippen molar-refractivity contribution in [2.45, 2.75) is 31.1 Å². The highest BCUT2D eigenvalue weighted by Gasteiger charge is 2.36. The van der Waals surface area contributed by atoms with Crippen LogP contribution in [0, 0.1) is 17.0 Å². The summed E-state index contributed by atoms with van der Waals surface area (Å²) in [5.41, 5.74) is 2.69. The van der Waals surface area contributed by atoms with Gasteiger partial charge in [0.25, 0.3) is 17.5 Å². The predicted molar refractivity (Wildman–Crippen MR) is 174 cm³/mol. The van der Waals surface area contributed by atoms with E-state index in [9.17, 15) is 19.7 Å². The van der Waals surface area contributed by atoms with Gasteiger partial charge in [0.1, 0.15) is 5.75 Å². The maximum Gasteiger partial charge on any atom is 0.273 e. The fourth-order valence-electron chi connectivity index (χ4n) is 5.25. The van der Waals surface area contributed by atoms with Gasteiger partial charge < -0.3 is 24.1 Å². The Bertz CT molecular complexity index is 1840. The van der Waals surface area contributed by atoms with Crippen molar-refractivity contribution in [2.24, 2.45) is 12.1 Å². The molecule has 0 fully saturated rings. The molecule has 0 radical (unpaired) electrons. The van der Waals surface area contributed by atoms with Crippen LogP contribution in [0.25, 0.3) is 0 Å². The summed E-state index contributed by atoms with van der Waals surface area (Å²) in [7, 11) is 6.45. The van der Waals surface area contributed by atoms with Crippen LogP contribution in [-0.4, -0.2) is 69.3 Å². The van der Waals surface area contributed by atoms with Gasteiger partial charge in [-0.25, -0.2) is 5.01 Å². The van der Waals surface area contributed by atoms with Gasteiger partial charge in [0, 0.05) is 36.2 Å². The normalized spacial score (nSPS) is 14.0. The number of aromatic nitrogens is 3. The highest BCUT2D eigenvalue weighted by Crippen LogP contribution is 2.42. The van der Waals surface area contributed by atoms with Gasteiger partial charge in [-0.05, 0) is 48.9 Å². The van der Waals surface area contributed by atoms with E-state index in [0.29, 0.717) is 34.7 Å². The molecule has 0 saturated heterocycles. The molecule has 1 unspecified atom stereocenters. The van der Waals surface area contributed by atoms with Crippen LogP contribution in [0.3, 0.4) is 0 Å². The second-order valence-corrected chi connectivity index (χ2v) is 11.4. The number of carbonyl (C=O) groups excluding carboxylic acids is 2. The van der Waals surface area contributed by atoms with Crippen LogP contribution in [0.4, 0.5) is 5.69 Å². The van der Waals surface area contributed by atoms with E-state index in [1.54, 1.807) is 39.0 Å². The van der Waals surface area contributed by atoms with E-state index < -0.39 is 16.9 Å². The van der Waals surface area contributed by atoms with Crippen molar-refractivity contribution in [2.75, 3.05) is 27.1 Å². The summed E-state index contributed by atoms with van der Waals surface area (Å²) in [5, 5.41) is 29.1. The largest absolute Gasteiger partial charge is 0.497 e. The molecule has 1 aliphatic rings. The monoisotopic (exact) mass is 659 g/mol. The number of hydrazone groups is 1. The quantitative estimate of drug-likeness (QED) is 0.131. The zero-order valence-electron chi connectivity index (χ0n) is 26.4. The standard InChI is InChI=1S/C32H33N7O7S/c1-19-22(8-6-10-25(19)39(42)43)31(41)33-17-28-34-35-32(37(28)2)47-18-29(40)38-26(23-9-7-11-27(45-4)30(23)46-5)16-24(36-38)20-12-14-21(44-3)15-13-20/h6-15,26H,16-18H2,1-5H3,(H,33,41). The first kappa shape index (κ1) is 32.9. The minimum Gasteiger partial charge on any atom is -0.497 e. The fraction of sp³-hybridized carbons (Fsp3) is 0.281. The molecule has 3 aromatic carbocycles. The number of para-hydroxylation sites is 1. The minimum atomic E-state index is -0.525. The number of thioether (sulfide) groups is 1. The smallest absolute Gasteiger partial charge is 0.273 e. The van der Waals surface area contributed by atoms with Crippen LogP contribution in [0.1, 0.15) is 45.3 Å². The van der Waals surface area contributed by atoms with E-state index >= 15 is 0 Å². The molecule has 4 aromatic rings. The molecule has 1 aromatic heterocycles. The lowest BCUT2D eigenvalue weighted by atomic mass is 9.97. The van der Waals surface area contributed by atoms with Crippen LogP contribution in [0.2, 0.25) is 0 Å². The molecule has 2 amide bonds. The van der Waals surface area contributed by atoms with Gasteiger partial charge in [-0.1, -0.05) is 30.0 Å². The van der Waals surface area contributed by atoms with E-state index in [1.165, 1.54) is 41.9 Å². The average Bonchev–Trinajstić information content (AvgIpc) is 3.69. The van der Waals surface area contributed by atoms with Crippen LogP contribution >= 0.6 is 11.8 Å². The molecule has 14 nitrogen and oxygen atoms in total. The molecule has 2 heterocycles. The Morgan fingerprint density at radius 1 is 1.02 bits per heavy atom. The Kier molecular flexibility index (Phi) is 10.0. The molecular weight excluding hydrogens is 626 g/mol. The number of ether oxygens (including phenoxy) is 3. The number of nitrogens with one attached hydrogen (secondary N) is 1. The molecule has 1 N–H and O–H groups in total. The molecule has 0 saturated carbocycles. The zero-order valence-corrected chi connectivity index (χ0v) is 27.2. The minimum absolute atomic E-state index is 0.00733. The molecular formula is C32H33N7O7S. The lowest BCUT2D eigenvalue weighted by molar-refractivity contribution is -0.385. The summed E-state index contributed by atoms with van der Waals surface area (Å²) in [6.07, 6.45) is 0.449. The van der Waals surface area contributed by atoms with E-state index in [4.69, 9.17) is 19.3 Å². The van der Waals surface area contributed by atoms with Gasteiger partial charge in [-0.2, -0.15) is 5.10 Å². The lowest BCUT2D eigenvalue weighted by Gasteiger charge is -2.24. The number of nitrogens with zero attached hydrogens (tertiary/aromatic N) is 6. The molecule has 1 aliphatic heterocycles. The van der Waals surface area contributed by atoms with Crippen molar-refractivity contribution in [3.63, 3.8) is 0 Å². The third-order valence-corrected chi connectivity index (χ3v) is 8.79. The highest BCUT2D eigenvalue weighted by molar-refractivity contribution is 7.99. The summed E-state index contributed by atoms with van der Waals surface area (Å²) in [6, 6.07) is 16.9. The van der Waals surface area contributed by atoms with Gasteiger partial charge >= 0.3 is 0 Å². The van der Waals surface area contributed by atoms with E-state index in [0.717, 1.165) is 16.8 Å². The summed E-state index contributed by atoms with van der Waals surface area (Å²) >= 11 is 1.19. The van der Waals surface area contributed by atoms with Gasteiger partial charge in [0.05, 0.1) is 50.3 Å². The second kappa shape index (κ2) is 14.3. The SMILES string of the molecule is COc1ccc(C2=NN(C(=O)CSc3nnc(CNC(=O)c4cccc([N+](=O)[O-])c4C)n3C)C(c3cccc(OC)c3OC)C2)cc1. The molecule has 5 rings (SSSR count). The number of rotatable bonds is 12. The van der Waals surface area contributed by atoms with Crippen LogP contribution in [-0.2, 0) is 18.4 Å². The van der Waals surface area contributed by atoms with Crippen LogP contribution < -0.4 is 19.5 Å². The number of carbonyl (C=O) groups is 2. The summed E-state index contributed by atoms with van der Waals surface area (Å²) < 4.78 is 18.2. The zero-order chi connectivity index (χ0) is 33.7. The number of amides is 2. The molecule has 15 heteroatoms. The van der Waals surface area contributed by atoms with Crippen molar-refractivity contribution in [3.8, 4) is 17.2 Å². The van der Waals surface area contributed by atoms with E-state index in [-0.39, 0.29) is 35.0 Å². The molecule has 244 valence electrons. The highest BCUT2D eigenvalue weighted by atomic mass is 32.2. The Morgan fingerprint density at radius 3 is 2.45 bits per heavy atom. The van der Waals surface area contributed by atoms with Crippen molar-refractivity contribution >= 4 is 35.0 Å². The lowest BCUT2D eigenvalue weighted by Crippen LogP contribution is -2.29. The molecule has 0 bridgehead atoms. The summed E-state index contributed by atoms with van der Waals surface area (Å²) in [4.78, 5) is 37.3. The van der Waals surface area contributed by atoms with E-state index in [2.05, 4.69) is 15.5 Å². The van der Waals surface area contributed by atoms with Crippen molar-refractivity contribution in [1.29, 1.82) is 0 Å². The Labute approximate surface area is 274 Å². The predicted octanol–water partition coefficient (Wildman–Crippen LogP) is 4.46. The first-order chi connectivity index (χ1) is 22.7. The van der Waals surface area contributed by atoms with Gasteiger partial charge in [0.15, 0.2) is 22.5 Å². The Balaban J connectivity index is 1.32. The second-order valence-electron chi connectivity index (χ2n) is 10.5. The summed E-state index contributed by atoms with van der Waals surface area (Å²) in [5.74, 6) is 1.50. The first-order valence-electron chi connectivity index (χ1n) is 14.4. The number of nitro groups is 1. The van der Waals surface area contributed by atoms with Crippen LogP contribution in [0.15, 0.2) is 70.9 Å². The van der Waals surface area contributed by atoms with Gasteiger partial charge in [-0.15, -0.1) is 10.2 Å². The van der Waals surface area contributed by atoms with Gasteiger partial charge in [-0.3, -0.25) is 19.7 Å². The number of hydrogen-bond acceptors (Lipinski definition) is 11. The maximum absolute atomic E-state index is 13.8. The molecule has 1 atom stereocenters. The van der Waals surface area contributed by atoms with Crippen molar-refractivity contribution in [3.05, 3.63) is 98.9 Å². The van der Waals surface area contributed by atoms with Crippen LogP contribution in [0.5, 0.6) is 17.2 Å². The van der Waals surface area contributed by atoms with Crippen molar-refractivity contribution in [1.82, 2.24) is 25.1 Å². The van der Waals surface area contributed by atoms with E-state index in [1.807, 2.05) is 36.4 Å². The number of hydrogen-bond donors (Lipinski definition) is 1. The first-order valence-corrected chi connectivity index (χ1v) is 15.4. The summed E-state index contributed by atoms with van der Waals surface area (Å²) in [6.45, 7) is 1.55. The Hall–Kier alpha value is -5.44. The topological polar surface area (TPSA) is 163 Å². The average molecular weight is 660 g/mol. The van der Waals surface area contributed by atoms with Gasteiger partial charge in [0.2, 0.25) is 0 Å². The molecule has 0 spiro atoms.